The van der Waals surface area contributed by atoms with Gasteiger partial charge in [-0.2, -0.15) is 0 Å². The van der Waals surface area contributed by atoms with E-state index < -0.39 is 11.9 Å². The molecular formula is C12H12N4O2. The lowest BCUT2D eigenvalue weighted by Gasteiger charge is -2.05. The molecule has 0 unspecified atom stereocenters. The van der Waals surface area contributed by atoms with E-state index in [-0.39, 0.29) is 0 Å². The Bertz CT molecular complexity index is 615. The number of anilines is 1. The number of nitrogens with one attached hydrogen (secondary N) is 3. The summed E-state index contributed by atoms with van der Waals surface area (Å²) in [5.41, 5.74) is 6.52. The van der Waals surface area contributed by atoms with Crippen molar-refractivity contribution in [2.75, 3.05) is 5.32 Å². The van der Waals surface area contributed by atoms with Crippen molar-refractivity contribution in [2.45, 2.75) is 0 Å². The minimum atomic E-state index is -0.607. The molecule has 0 fully saturated rings. The summed E-state index contributed by atoms with van der Waals surface area (Å²) in [7, 11) is 0. The van der Waals surface area contributed by atoms with Crippen LogP contribution in [0.4, 0.5) is 10.5 Å². The summed E-state index contributed by atoms with van der Waals surface area (Å²) in [5, 5.41) is 5.70. The van der Waals surface area contributed by atoms with E-state index in [4.69, 9.17) is 5.73 Å². The first-order valence-corrected chi connectivity index (χ1v) is 5.26. The number of benzene rings is 1. The Labute approximate surface area is 103 Å². The summed E-state index contributed by atoms with van der Waals surface area (Å²) in [6.07, 6.45) is 3.94. The molecule has 0 saturated heterocycles. The average Bonchev–Trinajstić information content (AvgIpc) is 2.76. The zero-order valence-electron chi connectivity index (χ0n) is 9.44. The van der Waals surface area contributed by atoms with Gasteiger partial charge in [0.1, 0.15) is 0 Å². The van der Waals surface area contributed by atoms with Gasteiger partial charge in [-0.3, -0.25) is 10.1 Å². The van der Waals surface area contributed by atoms with E-state index in [2.05, 4.69) is 15.6 Å². The fourth-order valence-corrected chi connectivity index (χ4v) is 1.53. The summed E-state index contributed by atoms with van der Waals surface area (Å²) in [6, 6.07) is 6.71. The van der Waals surface area contributed by atoms with Crippen molar-refractivity contribution in [1.29, 1.82) is 0 Å². The molecule has 0 aliphatic heterocycles. The largest absolute Gasteiger partial charge is 0.404 e. The van der Waals surface area contributed by atoms with Crippen LogP contribution in [0.3, 0.4) is 0 Å². The topological polar surface area (TPSA) is 100 Å². The van der Waals surface area contributed by atoms with E-state index in [9.17, 15) is 9.59 Å². The van der Waals surface area contributed by atoms with Crippen LogP contribution in [0.1, 0.15) is 0 Å². The Kier molecular flexibility index (Phi) is 3.29. The average molecular weight is 244 g/mol. The van der Waals surface area contributed by atoms with Crippen LogP contribution in [0.25, 0.3) is 10.9 Å². The molecule has 2 aromatic rings. The highest BCUT2D eigenvalue weighted by atomic mass is 16.2. The molecule has 2 rings (SSSR count). The van der Waals surface area contributed by atoms with Crippen LogP contribution < -0.4 is 16.4 Å². The Morgan fingerprint density at radius 2 is 2.11 bits per heavy atom. The zero-order valence-corrected chi connectivity index (χ0v) is 9.44. The maximum Gasteiger partial charge on any atom is 0.326 e. The number of fused-ring (bicyclic) bond motifs is 1. The number of hydrogen-bond donors (Lipinski definition) is 4. The van der Waals surface area contributed by atoms with Gasteiger partial charge in [-0.15, -0.1) is 0 Å². The summed E-state index contributed by atoms with van der Waals surface area (Å²) in [5.74, 6) is -0.573. The number of rotatable bonds is 2. The zero-order chi connectivity index (χ0) is 13.0. The van der Waals surface area contributed by atoms with Crippen LogP contribution in [0.5, 0.6) is 0 Å². The van der Waals surface area contributed by atoms with Gasteiger partial charge in [0.25, 0.3) is 5.91 Å². The maximum atomic E-state index is 11.4. The van der Waals surface area contributed by atoms with Crippen molar-refractivity contribution in [3.63, 3.8) is 0 Å². The molecule has 3 amide bonds. The van der Waals surface area contributed by atoms with Crippen molar-refractivity contribution < 1.29 is 9.59 Å². The standard InChI is InChI=1S/C12H12N4O2/c13-5-3-11(17)16-12(18)15-9-2-1-8-4-6-14-10(8)7-9/h1-7,14H,13H2,(H2,15,16,17,18)/b5-3-. The lowest BCUT2D eigenvalue weighted by atomic mass is 10.2. The minimum Gasteiger partial charge on any atom is -0.404 e. The molecule has 1 aromatic heterocycles. The van der Waals surface area contributed by atoms with Crippen LogP contribution in [0.15, 0.2) is 42.7 Å². The van der Waals surface area contributed by atoms with Gasteiger partial charge < -0.3 is 16.0 Å². The van der Waals surface area contributed by atoms with E-state index in [1.165, 1.54) is 0 Å². The van der Waals surface area contributed by atoms with Crippen LogP contribution in [-0.2, 0) is 4.79 Å². The third-order valence-electron chi connectivity index (χ3n) is 2.30. The Balaban J connectivity index is 2.04. The molecule has 6 nitrogen and oxygen atoms in total. The first-order chi connectivity index (χ1) is 8.69. The highest BCUT2D eigenvalue weighted by molar-refractivity contribution is 6.05. The van der Waals surface area contributed by atoms with E-state index in [1.807, 2.05) is 18.3 Å². The number of imide groups is 1. The number of aromatic nitrogens is 1. The third kappa shape index (κ3) is 2.67. The molecular weight excluding hydrogens is 232 g/mol. The van der Waals surface area contributed by atoms with E-state index >= 15 is 0 Å². The molecule has 6 heteroatoms. The molecule has 18 heavy (non-hydrogen) atoms. The highest BCUT2D eigenvalue weighted by Crippen LogP contribution is 2.17. The summed E-state index contributed by atoms with van der Waals surface area (Å²) >= 11 is 0. The second kappa shape index (κ2) is 5.05. The molecule has 0 aliphatic carbocycles. The van der Waals surface area contributed by atoms with E-state index in [0.29, 0.717) is 5.69 Å². The minimum absolute atomic E-state index is 0.573. The number of urea groups is 1. The summed E-state index contributed by atoms with van der Waals surface area (Å²) < 4.78 is 0. The molecule has 0 saturated carbocycles. The molecule has 0 aliphatic rings. The number of nitrogens with two attached hydrogens (primary N) is 1. The van der Waals surface area contributed by atoms with Crippen molar-refractivity contribution in [1.82, 2.24) is 10.3 Å². The SMILES string of the molecule is N/C=C\C(=O)NC(=O)Nc1ccc2cc[nH]c2c1. The lowest BCUT2D eigenvalue weighted by Crippen LogP contribution is -2.33. The fraction of sp³-hybridized carbons (Fsp3) is 0. The van der Waals surface area contributed by atoms with Gasteiger partial charge in [-0.1, -0.05) is 6.07 Å². The van der Waals surface area contributed by atoms with Crippen molar-refractivity contribution in [3.8, 4) is 0 Å². The van der Waals surface area contributed by atoms with Gasteiger partial charge in [-0.05, 0) is 29.8 Å². The van der Waals surface area contributed by atoms with Gasteiger partial charge in [0.15, 0.2) is 0 Å². The normalized spacial score (nSPS) is 10.7. The number of aromatic amines is 1. The number of H-pyrrole nitrogens is 1. The summed E-state index contributed by atoms with van der Waals surface area (Å²) in [4.78, 5) is 25.5. The second-order valence-corrected chi connectivity index (χ2v) is 3.58. The number of carbonyl (C=O) groups excluding carboxylic acids is 2. The first-order valence-electron chi connectivity index (χ1n) is 5.26. The number of amides is 3. The van der Waals surface area contributed by atoms with Gasteiger partial charge in [-0.25, -0.2) is 4.79 Å². The maximum absolute atomic E-state index is 11.4. The van der Waals surface area contributed by atoms with Gasteiger partial charge in [0.05, 0.1) is 0 Å². The van der Waals surface area contributed by atoms with Crippen LogP contribution in [0, 0.1) is 0 Å². The molecule has 0 spiro atoms. The Morgan fingerprint density at radius 3 is 2.89 bits per heavy atom. The first kappa shape index (κ1) is 11.7. The molecule has 0 atom stereocenters. The highest BCUT2D eigenvalue weighted by Gasteiger charge is 2.05. The molecule has 5 N–H and O–H groups in total. The van der Waals surface area contributed by atoms with Crippen molar-refractivity contribution in [2.24, 2.45) is 5.73 Å². The van der Waals surface area contributed by atoms with Gasteiger partial charge >= 0.3 is 6.03 Å². The fourth-order valence-electron chi connectivity index (χ4n) is 1.53. The second-order valence-electron chi connectivity index (χ2n) is 3.58. The molecule has 0 radical (unpaired) electrons. The third-order valence-corrected chi connectivity index (χ3v) is 2.30. The number of hydrogen-bond acceptors (Lipinski definition) is 3. The number of carbonyl (C=O) groups is 2. The van der Waals surface area contributed by atoms with Gasteiger partial charge in [0.2, 0.25) is 0 Å². The van der Waals surface area contributed by atoms with Crippen LogP contribution >= 0.6 is 0 Å². The lowest BCUT2D eigenvalue weighted by molar-refractivity contribution is -0.115. The monoisotopic (exact) mass is 244 g/mol. The molecule has 0 bridgehead atoms. The predicted octanol–water partition coefficient (Wildman–Crippen LogP) is 1.29. The van der Waals surface area contributed by atoms with E-state index in [1.54, 1.807) is 12.1 Å². The Morgan fingerprint density at radius 1 is 1.28 bits per heavy atom. The van der Waals surface area contributed by atoms with Crippen molar-refractivity contribution in [3.05, 3.63) is 42.7 Å². The van der Waals surface area contributed by atoms with Crippen LogP contribution in [-0.4, -0.2) is 16.9 Å². The Hall–Kier alpha value is -2.76. The molecule has 1 heterocycles. The molecule has 92 valence electrons. The predicted molar refractivity (Wildman–Crippen MR) is 68.8 cm³/mol. The quantitative estimate of drug-likeness (QED) is 0.599. The van der Waals surface area contributed by atoms with Gasteiger partial charge in [0, 0.05) is 23.5 Å². The van der Waals surface area contributed by atoms with E-state index in [0.717, 1.165) is 23.2 Å². The molecule has 1 aromatic carbocycles. The van der Waals surface area contributed by atoms with Crippen LogP contribution in [0.2, 0.25) is 0 Å². The smallest absolute Gasteiger partial charge is 0.326 e. The van der Waals surface area contributed by atoms with Crippen molar-refractivity contribution >= 4 is 28.5 Å². The summed E-state index contributed by atoms with van der Waals surface area (Å²) in [6.45, 7) is 0.